The Bertz CT molecular complexity index is 540. The molecule has 98 valence electrons. The number of esters is 1. The molecule has 18 heavy (non-hydrogen) atoms. The van der Waals surface area contributed by atoms with Gasteiger partial charge in [0.05, 0.1) is 6.61 Å². The first kappa shape index (κ1) is 13.7. The minimum atomic E-state index is -3.20. The van der Waals surface area contributed by atoms with Crippen LogP contribution in [0.25, 0.3) is 0 Å². The molecular weight excluding hydrogens is 254 g/mol. The Morgan fingerprint density at radius 1 is 1.61 bits per heavy atom. The molecule has 1 aromatic rings. The van der Waals surface area contributed by atoms with Crippen LogP contribution in [-0.2, 0) is 4.74 Å². The van der Waals surface area contributed by atoms with Gasteiger partial charge in [0.25, 0.3) is 6.43 Å². The maximum atomic E-state index is 12.6. The number of H-pyrrole nitrogens is 1. The van der Waals surface area contributed by atoms with E-state index in [9.17, 15) is 28.5 Å². The van der Waals surface area contributed by atoms with Crippen LogP contribution in [-0.4, -0.2) is 22.5 Å². The molecule has 0 radical (unpaired) electrons. The minimum Gasteiger partial charge on any atom is -0.462 e. The molecule has 1 rings (SSSR count). The van der Waals surface area contributed by atoms with Gasteiger partial charge in [0.1, 0.15) is 11.1 Å². The summed E-state index contributed by atoms with van der Waals surface area (Å²) in [4.78, 5) is 33.5. The summed E-state index contributed by atoms with van der Waals surface area (Å²) in [6.07, 6.45) is -3.20. The largest absolute Gasteiger partial charge is 0.462 e. The van der Waals surface area contributed by atoms with E-state index in [-0.39, 0.29) is 6.61 Å². The number of ether oxygens (including phenoxy) is 1. The van der Waals surface area contributed by atoms with Crippen LogP contribution in [0.4, 0.5) is 14.6 Å². The summed E-state index contributed by atoms with van der Waals surface area (Å²) in [6, 6.07) is 0.472. The third kappa shape index (κ3) is 2.67. The van der Waals surface area contributed by atoms with Crippen LogP contribution in [0.15, 0.2) is 10.9 Å². The van der Waals surface area contributed by atoms with E-state index in [0.717, 1.165) is 0 Å². The van der Waals surface area contributed by atoms with Crippen LogP contribution in [0, 0.1) is 10.1 Å². The second-order valence-electron chi connectivity index (χ2n) is 3.09. The number of hydrogen-bond donors (Lipinski definition) is 1. The lowest BCUT2D eigenvalue weighted by molar-refractivity contribution is -0.391. The summed E-state index contributed by atoms with van der Waals surface area (Å²) in [5.41, 5.74) is -2.88. The predicted octanol–water partition coefficient (Wildman–Crippen LogP) is 1.40. The van der Waals surface area contributed by atoms with E-state index in [0.29, 0.717) is 6.07 Å². The summed E-state index contributed by atoms with van der Waals surface area (Å²) < 4.78 is 29.6. The lowest BCUT2D eigenvalue weighted by Crippen LogP contribution is -2.22. The van der Waals surface area contributed by atoms with E-state index >= 15 is 0 Å². The number of rotatable bonds is 4. The molecule has 0 unspecified atom stereocenters. The fraction of sp³-hybridized carbons (Fsp3) is 0.333. The maximum Gasteiger partial charge on any atom is 0.346 e. The standard InChI is InChI=1S/C9H8F2N2O5/c1-2-18-9(15)5-3-4(6(10)11)7(13(16)17)12-8(5)14/h3,6H,2H2,1H3,(H,12,14). The zero-order valence-corrected chi connectivity index (χ0v) is 9.11. The quantitative estimate of drug-likeness (QED) is 0.502. The van der Waals surface area contributed by atoms with Gasteiger partial charge in [0, 0.05) is 0 Å². The number of nitro groups is 1. The molecule has 1 aromatic heterocycles. The zero-order chi connectivity index (χ0) is 13.9. The predicted molar refractivity (Wildman–Crippen MR) is 54.6 cm³/mol. The minimum absolute atomic E-state index is 0.0563. The number of pyridine rings is 1. The molecule has 0 bridgehead atoms. The third-order valence-electron chi connectivity index (χ3n) is 1.96. The number of nitrogens with zero attached hydrogens (tertiary/aromatic N) is 1. The molecule has 0 aliphatic rings. The van der Waals surface area contributed by atoms with E-state index in [4.69, 9.17) is 0 Å². The van der Waals surface area contributed by atoms with Gasteiger partial charge in [-0.3, -0.25) is 0 Å². The highest BCUT2D eigenvalue weighted by atomic mass is 19.3. The van der Waals surface area contributed by atoms with Gasteiger partial charge in [-0.1, -0.05) is 0 Å². The monoisotopic (exact) mass is 262 g/mol. The molecule has 0 amide bonds. The number of halogens is 2. The van der Waals surface area contributed by atoms with Crippen LogP contribution in [0.5, 0.6) is 0 Å². The first-order valence-electron chi connectivity index (χ1n) is 4.75. The van der Waals surface area contributed by atoms with Crippen molar-refractivity contribution < 1.29 is 23.2 Å². The van der Waals surface area contributed by atoms with Crippen LogP contribution < -0.4 is 5.56 Å². The molecule has 0 saturated heterocycles. The summed E-state index contributed by atoms with van der Waals surface area (Å²) in [5.74, 6) is -2.25. The number of aromatic nitrogens is 1. The number of hydrogen-bond acceptors (Lipinski definition) is 5. The molecule has 0 atom stereocenters. The van der Waals surface area contributed by atoms with E-state index in [2.05, 4.69) is 4.74 Å². The van der Waals surface area contributed by atoms with E-state index < -0.39 is 39.8 Å². The number of aromatic amines is 1. The smallest absolute Gasteiger partial charge is 0.346 e. The van der Waals surface area contributed by atoms with E-state index in [1.165, 1.54) is 6.92 Å². The van der Waals surface area contributed by atoms with E-state index in [1.54, 1.807) is 4.98 Å². The zero-order valence-electron chi connectivity index (χ0n) is 9.11. The number of carbonyl (C=O) groups is 1. The molecule has 1 heterocycles. The van der Waals surface area contributed by atoms with Crippen molar-refractivity contribution in [1.29, 1.82) is 0 Å². The Balaban J connectivity index is 3.41. The number of nitrogens with one attached hydrogen (secondary N) is 1. The van der Waals surface area contributed by atoms with Crippen LogP contribution in [0.3, 0.4) is 0 Å². The van der Waals surface area contributed by atoms with Gasteiger partial charge in [-0.2, -0.15) is 0 Å². The van der Waals surface area contributed by atoms with Crippen molar-refractivity contribution in [2.24, 2.45) is 0 Å². The number of alkyl halides is 2. The van der Waals surface area contributed by atoms with Crippen molar-refractivity contribution in [2.45, 2.75) is 13.3 Å². The highest BCUT2D eigenvalue weighted by molar-refractivity contribution is 5.89. The normalized spacial score (nSPS) is 10.4. The molecular formula is C9H8F2N2O5. The molecule has 0 aliphatic carbocycles. The summed E-state index contributed by atoms with van der Waals surface area (Å²) in [7, 11) is 0. The van der Waals surface area contributed by atoms with Gasteiger partial charge in [-0.25, -0.2) is 23.4 Å². The van der Waals surface area contributed by atoms with Crippen LogP contribution in [0.2, 0.25) is 0 Å². The first-order valence-corrected chi connectivity index (χ1v) is 4.75. The topological polar surface area (TPSA) is 102 Å². The Morgan fingerprint density at radius 2 is 2.22 bits per heavy atom. The van der Waals surface area contributed by atoms with Crippen molar-refractivity contribution in [3.05, 3.63) is 37.7 Å². The fourth-order valence-corrected chi connectivity index (χ4v) is 1.21. The van der Waals surface area contributed by atoms with Crippen molar-refractivity contribution >= 4 is 11.8 Å². The Morgan fingerprint density at radius 3 is 2.67 bits per heavy atom. The maximum absolute atomic E-state index is 12.6. The molecule has 0 spiro atoms. The molecule has 0 aliphatic heterocycles. The molecule has 1 N–H and O–H groups in total. The average molecular weight is 262 g/mol. The van der Waals surface area contributed by atoms with Crippen molar-refractivity contribution in [3.8, 4) is 0 Å². The van der Waals surface area contributed by atoms with Crippen molar-refractivity contribution in [1.82, 2.24) is 4.98 Å². The summed E-state index contributed by atoms with van der Waals surface area (Å²) in [5, 5.41) is 10.5. The van der Waals surface area contributed by atoms with E-state index in [1.807, 2.05) is 0 Å². The molecule has 7 nitrogen and oxygen atoms in total. The number of carbonyl (C=O) groups excluding carboxylic acids is 1. The summed E-state index contributed by atoms with van der Waals surface area (Å²) in [6.45, 7) is 1.41. The van der Waals surface area contributed by atoms with Crippen LogP contribution >= 0.6 is 0 Å². The molecule has 0 saturated carbocycles. The van der Waals surface area contributed by atoms with Gasteiger partial charge >= 0.3 is 17.3 Å². The van der Waals surface area contributed by atoms with Crippen molar-refractivity contribution in [2.75, 3.05) is 6.61 Å². The molecule has 0 aromatic carbocycles. The van der Waals surface area contributed by atoms with Gasteiger partial charge in [-0.05, 0) is 17.9 Å². The van der Waals surface area contributed by atoms with Gasteiger partial charge in [0.15, 0.2) is 0 Å². The van der Waals surface area contributed by atoms with Gasteiger partial charge in [0.2, 0.25) is 0 Å². The summed E-state index contributed by atoms with van der Waals surface area (Å²) >= 11 is 0. The fourth-order valence-electron chi connectivity index (χ4n) is 1.21. The SMILES string of the molecule is CCOC(=O)c1cc(C(F)F)c([N+](=O)[O-])[nH]c1=O. The lowest BCUT2D eigenvalue weighted by Gasteiger charge is -2.05. The van der Waals surface area contributed by atoms with Gasteiger partial charge < -0.3 is 14.9 Å². The average Bonchev–Trinajstić information content (AvgIpc) is 2.28. The first-order chi connectivity index (χ1) is 8.38. The third-order valence-corrected chi connectivity index (χ3v) is 1.96. The highest BCUT2D eigenvalue weighted by Gasteiger charge is 2.26. The second kappa shape index (κ2) is 5.34. The molecule has 9 heteroatoms. The Kier molecular flexibility index (Phi) is 4.08. The van der Waals surface area contributed by atoms with Gasteiger partial charge in [-0.15, -0.1) is 0 Å². The van der Waals surface area contributed by atoms with Crippen molar-refractivity contribution in [3.63, 3.8) is 0 Å². The Labute approximate surface area is 98.5 Å². The Hall–Kier alpha value is -2.32. The van der Waals surface area contributed by atoms with Crippen LogP contribution in [0.1, 0.15) is 29.3 Å². The molecule has 0 fully saturated rings. The second-order valence-corrected chi connectivity index (χ2v) is 3.09. The highest BCUT2D eigenvalue weighted by Crippen LogP contribution is 2.26. The lowest BCUT2D eigenvalue weighted by atomic mass is 10.2.